The number of benzene rings is 3. The molecule has 4 nitrogen and oxygen atoms in total. The van der Waals surface area contributed by atoms with Crippen LogP contribution < -0.4 is 4.74 Å². The molecule has 0 aliphatic rings. The second-order valence-corrected chi connectivity index (χ2v) is 8.91. The lowest BCUT2D eigenvalue weighted by atomic mass is 9.90. The van der Waals surface area contributed by atoms with Gasteiger partial charge in [-0.2, -0.15) is 0 Å². The average molecular weight is 492 g/mol. The Kier molecular flexibility index (Phi) is 6.96. The number of hydrogen-bond donors (Lipinski definition) is 1. The van der Waals surface area contributed by atoms with Crippen molar-refractivity contribution in [3.63, 3.8) is 0 Å². The van der Waals surface area contributed by atoms with Crippen molar-refractivity contribution in [2.45, 2.75) is 38.9 Å². The zero-order valence-corrected chi connectivity index (χ0v) is 19.8. The molecule has 0 bridgehead atoms. The van der Waals surface area contributed by atoms with Crippen molar-refractivity contribution in [3.05, 3.63) is 100 Å². The molecule has 4 rings (SSSR count). The highest BCUT2D eigenvalue weighted by Crippen LogP contribution is 2.32. The van der Waals surface area contributed by atoms with Crippen LogP contribution in [0.25, 0.3) is 10.9 Å². The summed E-state index contributed by atoms with van der Waals surface area (Å²) in [6.07, 6.45) is 2.32. The van der Waals surface area contributed by atoms with Gasteiger partial charge in [0.2, 0.25) is 0 Å². The molecule has 164 valence electrons. The highest BCUT2D eigenvalue weighted by atomic mass is 79.9. The molecular weight excluding hydrogens is 466 g/mol. The maximum Gasteiger partial charge on any atom is 0.302 e. The smallest absolute Gasteiger partial charge is 0.302 e. The lowest BCUT2D eigenvalue weighted by molar-refractivity contribution is -0.147. The number of esters is 1. The first-order valence-electron chi connectivity index (χ1n) is 10.7. The van der Waals surface area contributed by atoms with Crippen molar-refractivity contribution in [2.75, 3.05) is 0 Å². The number of halogens is 1. The van der Waals surface area contributed by atoms with Crippen LogP contribution in [0.1, 0.15) is 36.5 Å². The SMILES string of the molecule is CC(=O)OC(Cc1cccc(OCc2ccccc2)c1)C(C)c1c[nH]c2ccc(Br)cc12. The fourth-order valence-corrected chi connectivity index (χ4v) is 4.32. The second kappa shape index (κ2) is 10.0. The molecule has 0 fully saturated rings. The third kappa shape index (κ3) is 5.40. The highest BCUT2D eigenvalue weighted by molar-refractivity contribution is 9.10. The molecule has 0 aliphatic heterocycles. The van der Waals surface area contributed by atoms with E-state index in [1.54, 1.807) is 0 Å². The molecule has 0 amide bonds. The second-order valence-electron chi connectivity index (χ2n) is 8.00. The summed E-state index contributed by atoms with van der Waals surface area (Å²) in [7, 11) is 0. The largest absolute Gasteiger partial charge is 0.489 e. The van der Waals surface area contributed by atoms with Gasteiger partial charge in [-0.05, 0) is 47.0 Å². The minimum Gasteiger partial charge on any atom is -0.489 e. The van der Waals surface area contributed by atoms with Gasteiger partial charge in [0.25, 0.3) is 0 Å². The van der Waals surface area contributed by atoms with E-state index in [1.165, 1.54) is 6.92 Å². The van der Waals surface area contributed by atoms with Crippen LogP contribution in [0.4, 0.5) is 0 Å². The van der Waals surface area contributed by atoms with Gasteiger partial charge in [0.15, 0.2) is 0 Å². The Balaban J connectivity index is 1.53. The fraction of sp³-hybridized carbons (Fsp3) is 0.222. The normalized spacial score (nSPS) is 13.0. The molecule has 0 saturated heterocycles. The molecule has 1 aromatic heterocycles. The number of nitrogens with one attached hydrogen (secondary N) is 1. The Morgan fingerprint density at radius 2 is 1.78 bits per heavy atom. The number of carbonyl (C=O) groups is 1. The van der Waals surface area contributed by atoms with Crippen molar-refractivity contribution in [1.82, 2.24) is 4.98 Å². The number of aromatic amines is 1. The van der Waals surface area contributed by atoms with E-state index in [0.29, 0.717) is 13.0 Å². The Labute approximate surface area is 196 Å². The topological polar surface area (TPSA) is 51.3 Å². The number of aromatic nitrogens is 1. The molecule has 0 aliphatic carbocycles. The Morgan fingerprint density at radius 3 is 2.56 bits per heavy atom. The zero-order valence-electron chi connectivity index (χ0n) is 18.2. The first-order valence-corrected chi connectivity index (χ1v) is 11.5. The summed E-state index contributed by atoms with van der Waals surface area (Å²) in [5.41, 5.74) is 4.38. The van der Waals surface area contributed by atoms with E-state index in [0.717, 1.165) is 37.8 Å². The number of carbonyl (C=O) groups excluding carboxylic acids is 1. The van der Waals surface area contributed by atoms with Crippen LogP contribution in [0.5, 0.6) is 5.75 Å². The number of ether oxygens (including phenoxy) is 2. The van der Waals surface area contributed by atoms with E-state index in [-0.39, 0.29) is 18.0 Å². The van der Waals surface area contributed by atoms with Crippen molar-refractivity contribution >= 4 is 32.8 Å². The summed E-state index contributed by atoms with van der Waals surface area (Å²) >= 11 is 3.56. The highest BCUT2D eigenvalue weighted by Gasteiger charge is 2.25. The van der Waals surface area contributed by atoms with Crippen LogP contribution in [-0.4, -0.2) is 17.1 Å². The van der Waals surface area contributed by atoms with Crippen LogP contribution in [0.3, 0.4) is 0 Å². The van der Waals surface area contributed by atoms with Crippen LogP contribution in [0, 0.1) is 0 Å². The molecule has 0 radical (unpaired) electrons. The van der Waals surface area contributed by atoms with Crippen molar-refractivity contribution < 1.29 is 14.3 Å². The van der Waals surface area contributed by atoms with Crippen LogP contribution in [0.15, 0.2) is 83.5 Å². The molecule has 0 saturated carbocycles. The van der Waals surface area contributed by atoms with E-state index < -0.39 is 0 Å². The van der Waals surface area contributed by atoms with Gasteiger partial charge in [-0.15, -0.1) is 0 Å². The fourth-order valence-electron chi connectivity index (χ4n) is 3.96. The molecule has 1 N–H and O–H groups in total. The molecule has 5 heteroatoms. The lowest BCUT2D eigenvalue weighted by Gasteiger charge is -2.24. The van der Waals surface area contributed by atoms with Crippen molar-refractivity contribution in [3.8, 4) is 5.75 Å². The van der Waals surface area contributed by atoms with Crippen LogP contribution >= 0.6 is 15.9 Å². The Hall–Kier alpha value is -3.05. The molecule has 1 heterocycles. The monoisotopic (exact) mass is 491 g/mol. The maximum absolute atomic E-state index is 11.9. The minimum absolute atomic E-state index is 0.0100. The number of H-pyrrole nitrogens is 1. The Bertz CT molecular complexity index is 1200. The summed E-state index contributed by atoms with van der Waals surface area (Å²) in [4.78, 5) is 15.2. The van der Waals surface area contributed by atoms with Gasteiger partial charge in [-0.1, -0.05) is 65.3 Å². The predicted molar refractivity (Wildman–Crippen MR) is 131 cm³/mol. The van der Waals surface area contributed by atoms with Gasteiger partial charge < -0.3 is 14.5 Å². The quantitative estimate of drug-likeness (QED) is 0.276. The molecule has 4 aromatic rings. The van der Waals surface area contributed by atoms with Gasteiger partial charge in [-0.3, -0.25) is 4.79 Å². The van der Waals surface area contributed by atoms with E-state index in [9.17, 15) is 4.79 Å². The Morgan fingerprint density at radius 1 is 1.00 bits per heavy atom. The van der Waals surface area contributed by atoms with Gasteiger partial charge in [0.1, 0.15) is 18.5 Å². The third-order valence-electron chi connectivity index (χ3n) is 5.63. The van der Waals surface area contributed by atoms with Crippen LogP contribution in [-0.2, 0) is 22.6 Å². The summed E-state index contributed by atoms with van der Waals surface area (Å²) in [5, 5.41) is 1.13. The summed E-state index contributed by atoms with van der Waals surface area (Å²) < 4.78 is 12.8. The number of fused-ring (bicyclic) bond motifs is 1. The first kappa shape index (κ1) is 22.2. The summed E-state index contributed by atoms with van der Waals surface area (Å²) in [6, 6.07) is 24.2. The molecule has 32 heavy (non-hydrogen) atoms. The van der Waals surface area contributed by atoms with Crippen molar-refractivity contribution in [1.29, 1.82) is 0 Å². The predicted octanol–water partition coefficient (Wildman–Crippen LogP) is 6.79. The van der Waals surface area contributed by atoms with Gasteiger partial charge in [0.05, 0.1) is 0 Å². The molecule has 2 unspecified atom stereocenters. The molecule has 2 atom stereocenters. The molecule has 0 spiro atoms. The zero-order chi connectivity index (χ0) is 22.5. The van der Waals surface area contributed by atoms with Gasteiger partial charge in [-0.25, -0.2) is 0 Å². The van der Waals surface area contributed by atoms with Crippen LogP contribution in [0.2, 0.25) is 0 Å². The number of rotatable bonds is 8. The molecule has 3 aromatic carbocycles. The maximum atomic E-state index is 11.9. The van der Waals surface area contributed by atoms with E-state index in [2.05, 4.69) is 33.9 Å². The summed E-state index contributed by atoms with van der Waals surface area (Å²) in [6.45, 7) is 4.08. The van der Waals surface area contributed by atoms with Gasteiger partial charge >= 0.3 is 5.97 Å². The lowest BCUT2D eigenvalue weighted by Crippen LogP contribution is -2.25. The minimum atomic E-state index is -0.296. The van der Waals surface area contributed by atoms with E-state index >= 15 is 0 Å². The number of hydrogen-bond acceptors (Lipinski definition) is 3. The average Bonchev–Trinajstić information content (AvgIpc) is 3.20. The third-order valence-corrected chi connectivity index (χ3v) is 6.12. The van der Waals surface area contributed by atoms with E-state index in [4.69, 9.17) is 9.47 Å². The van der Waals surface area contributed by atoms with Gasteiger partial charge in [0, 0.05) is 40.8 Å². The molecular formula is C27H26BrNO3. The summed E-state index contributed by atoms with van der Waals surface area (Å²) in [5.74, 6) is 0.534. The van der Waals surface area contributed by atoms with E-state index in [1.807, 2.05) is 72.9 Å². The van der Waals surface area contributed by atoms with Crippen molar-refractivity contribution in [2.24, 2.45) is 0 Å². The standard InChI is InChI=1S/C27H26BrNO3/c1-18(25-16-29-26-12-11-22(28)15-24(25)26)27(32-19(2)30)14-21-9-6-10-23(13-21)31-17-20-7-4-3-5-8-20/h3-13,15-16,18,27,29H,14,17H2,1-2H3. The first-order chi connectivity index (χ1) is 15.5.